The van der Waals surface area contributed by atoms with Crippen LogP contribution in [0.1, 0.15) is 48.6 Å². The van der Waals surface area contributed by atoms with Crippen LogP contribution in [0.25, 0.3) is 0 Å². The van der Waals surface area contributed by atoms with Crippen molar-refractivity contribution in [3.8, 4) is 5.75 Å². The van der Waals surface area contributed by atoms with E-state index in [2.05, 4.69) is 31.5 Å². The van der Waals surface area contributed by atoms with Crippen molar-refractivity contribution < 1.29 is 5.11 Å². The molecule has 0 amide bonds. The van der Waals surface area contributed by atoms with E-state index < -0.39 is 0 Å². The molecule has 0 radical (unpaired) electrons. The highest BCUT2D eigenvalue weighted by Crippen LogP contribution is 2.45. The van der Waals surface area contributed by atoms with Crippen LogP contribution in [-0.2, 0) is 0 Å². The molecule has 0 spiro atoms. The van der Waals surface area contributed by atoms with Crippen LogP contribution in [-0.4, -0.2) is 29.7 Å². The van der Waals surface area contributed by atoms with Crippen LogP contribution in [0.3, 0.4) is 0 Å². The average Bonchev–Trinajstić information content (AvgIpc) is 2.31. The number of aromatic hydroxyl groups is 1. The maximum Gasteiger partial charge on any atom is 0.122 e. The van der Waals surface area contributed by atoms with Gasteiger partial charge in [-0.2, -0.15) is 0 Å². The maximum atomic E-state index is 10.4. The largest absolute Gasteiger partial charge is 0.507 e. The Morgan fingerprint density at radius 1 is 1.15 bits per heavy atom. The third-order valence-corrected chi connectivity index (χ3v) is 4.26. The van der Waals surface area contributed by atoms with Gasteiger partial charge >= 0.3 is 0 Å². The molecule has 4 nitrogen and oxygen atoms in total. The summed E-state index contributed by atoms with van der Waals surface area (Å²) in [5, 5.41) is 16.0. The van der Waals surface area contributed by atoms with Gasteiger partial charge < -0.3 is 10.4 Å². The van der Waals surface area contributed by atoms with E-state index in [4.69, 9.17) is 0 Å². The van der Waals surface area contributed by atoms with Gasteiger partial charge in [0.15, 0.2) is 0 Å². The Balaban J connectivity index is 2.64. The van der Waals surface area contributed by atoms with Crippen molar-refractivity contribution in [2.45, 2.75) is 52.6 Å². The number of rotatable bonds is 2. The number of phenols is 1. The molecular formula is C16H27N3O. The summed E-state index contributed by atoms with van der Waals surface area (Å²) in [5.41, 5.74) is 8.97. The Morgan fingerprint density at radius 3 is 2.30 bits per heavy atom. The number of fused-ring (bicyclic) bond motifs is 1. The highest BCUT2D eigenvalue weighted by Gasteiger charge is 2.35. The minimum absolute atomic E-state index is 0.0291. The fourth-order valence-corrected chi connectivity index (χ4v) is 3.18. The predicted molar refractivity (Wildman–Crippen MR) is 84.2 cm³/mol. The monoisotopic (exact) mass is 277 g/mol. The fourth-order valence-electron chi connectivity index (χ4n) is 3.18. The maximum absolute atomic E-state index is 10.4. The van der Waals surface area contributed by atoms with E-state index in [-0.39, 0.29) is 11.6 Å². The number of anilines is 1. The van der Waals surface area contributed by atoms with Gasteiger partial charge in [0.2, 0.25) is 0 Å². The SMILES string of the molecule is Cc1c(C)c2c(c(C)c1O)C(NN(C)C)CC(C)(C)N2. The summed E-state index contributed by atoms with van der Waals surface area (Å²) >= 11 is 0. The van der Waals surface area contributed by atoms with Gasteiger partial charge in [-0.05, 0) is 57.7 Å². The van der Waals surface area contributed by atoms with E-state index in [9.17, 15) is 5.11 Å². The molecule has 112 valence electrons. The number of nitrogens with one attached hydrogen (secondary N) is 2. The molecular weight excluding hydrogens is 250 g/mol. The zero-order valence-electron chi connectivity index (χ0n) is 13.7. The lowest BCUT2D eigenvalue weighted by Crippen LogP contribution is -2.45. The van der Waals surface area contributed by atoms with Gasteiger partial charge in [-0.15, -0.1) is 0 Å². The summed E-state index contributed by atoms with van der Waals surface area (Å²) in [7, 11) is 4.01. The second kappa shape index (κ2) is 4.93. The third kappa shape index (κ3) is 2.50. The van der Waals surface area contributed by atoms with Gasteiger partial charge in [0.05, 0.1) is 6.04 Å². The summed E-state index contributed by atoms with van der Waals surface area (Å²) in [6, 6.07) is 0.210. The van der Waals surface area contributed by atoms with Crippen LogP contribution >= 0.6 is 0 Å². The number of hydrazine groups is 1. The Bertz CT molecular complexity index is 535. The smallest absolute Gasteiger partial charge is 0.122 e. The van der Waals surface area contributed by atoms with Crippen molar-refractivity contribution in [3.63, 3.8) is 0 Å². The van der Waals surface area contributed by atoms with Crippen LogP contribution in [0.4, 0.5) is 5.69 Å². The molecule has 20 heavy (non-hydrogen) atoms. The van der Waals surface area contributed by atoms with Gasteiger partial charge in [-0.3, -0.25) is 5.01 Å². The summed E-state index contributed by atoms with van der Waals surface area (Å²) < 4.78 is 0. The molecule has 1 aromatic rings. The van der Waals surface area contributed by atoms with Gasteiger partial charge in [0, 0.05) is 30.9 Å². The lowest BCUT2D eigenvalue weighted by Gasteiger charge is -2.42. The molecule has 1 aliphatic rings. The molecule has 0 saturated heterocycles. The fraction of sp³-hybridized carbons (Fsp3) is 0.625. The van der Waals surface area contributed by atoms with Crippen molar-refractivity contribution in [1.29, 1.82) is 0 Å². The Hall–Kier alpha value is -1.26. The zero-order valence-corrected chi connectivity index (χ0v) is 13.7. The Labute approximate surface area is 122 Å². The number of hydrogen-bond donors (Lipinski definition) is 3. The summed E-state index contributed by atoms with van der Waals surface area (Å²) in [4.78, 5) is 0. The van der Waals surface area contributed by atoms with E-state index in [1.807, 2.05) is 33.0 Å². The van der Waals surface area contributed by atoms with Crippen molar-refractivity contribution in [2.75, 3.05) is 19.4 Å². The molecule has 0 fully saturated rings. The molecule has 1 atom stereocenters. The molecule has 3 N–H and O–H groups in total. The molecule has 0 aliphatic carbocycles. The van der Waals surface area contributed by atoms with E-state index in [1.165, 1.54) is 11.3 Å². The molecule has 0 bridgehead atoms. The zero-order chi connectivity index (χ0) is 15.2. The van der Waals surface area contributed by atoms with Crippen molar-refractivity contribution >= 4 is 5.69 Å². The normalized spacial score (nSPS) is 20.7. The molecule has 1 unspecified atom stereocenters. The number of phenolic OH excluding ortho intramolecular Hbond substituents is 1. The first kappa shape index (κ1) is 15.1. The van der Waals surface area contributed by atoms with Crippen LogP contribution < -0.4 is 10.7 Å². The molecule has 2 rings (SSSR count). The van der Waals surface area contributed by atoms with Crippen LogP contribution in [0.15, 0.2) is 0 Å². The van der Waals surface area contributed by atoms with E-state index in [0.717, 1.165) is 23.1 Å². The Kier molecular flexibility index (Phi) is 3.73. The van der Waals surface area contributed by atoms with Gasteiger partial charge in [0.1, 0.15) is 5.75 Å². The van der Waals surface area contributed by atoms with Gasteiger partial charge in [-0.1, -0.05) is 0 Å². The van der Waals surface area contributed by atoms with Gasteiger partial charge in [0.25, 0.3) is 0 Å². The van der Waals surface area contributed by atoms with E-state index >= 15 is 0 Å². The number of hydrogen-bond acceptors (Lipinski definition) is 4. The highest BCUT2D eigenvalue weighted by molar-refractivity contribution is 5.70. The van der Waals surface area contributed by atoms with Gasteiger partial charge in [-0.25, -0.2) is 5.43 Å². The highest BCUT2D eigenvalue weighted by atomic mass is 16.3. The quantitative estimate of drug-likeness (QED) is 0.574. The molecule has 0 aromatic heterocycles. The summed E-state index contributed by atoms with van der Waals surface area (Å²) in [6.45, 7) is 10.5. The molecule has 4 heteroatoms. The second-order valence-corrected chi connectivity index (χ2v) is 6.80. The van der Waals surface area contributed by atoms with E-state index in [1.54, 1.807) is 0 Å². The lowest BCUT2D eigenvalue weighted by atomic mass is 9.81. The first-order valence-electron chi connectivity index (χ1n) is 7.18. The van der Waals surface area contributed by atoms with E-state index in [0.29, 0.717) is 5.75 Å². The number of benzene rings is 1. The standard InChI is InChI=1S/C16H27N3O/c1-9-10(2)15(20)11(3)13-12(18-19(6)7)8-16(4,5)17-14(9)13/h12,17-18,20H,8H2,1-7H3. The first-order valence-corrected chi connectivity index (χ1v) is 7.18. The average molecular weight is 277 g/mol. The van der Waals surface area contributed by atoms with Crippen molar-refractivity contribution in [1.82, 2.24) is 10.4 Å². The summed E-state index contributed by atoms with van der Waals surface area (Å²) in [6.07, 6.45) is 0.973. The third-order valence-electron chi connectivity index (χ3n) is 4.26. The summed E-state index contributed by atoms with van der Waals surface area (Å²) in [5.74, 6) is 0.424. The van der Waals surface area contributed by atoms with Crippen molar-refractivity contribution in [2.24, 2.45) is 0 Å². The first-order chi connectivity index (χ1) is 9.14. The second-order valence-electron chi connectivity index (χ2n) is 6.80. The molecule has 1 heterocycles. The minimum atomic E-state index is 0.0291. The lowest BCUT2D eigenvalue weighted by molar-refractivity contribution is 0.214. The van der Waals surface area contributed by atoms with Crippen molar-refractivity contribution in [3.05, 3.63) is 22.3 Å². The Morgan fingerprint density at radius 2 is 1.75 bits per heavy atom. The molecule has 1 aliphatic heterocycles. The topological polar surface area (TPSA) is 47.5 Å². The predicted octanol–water partition coefficient (Wildman–Crippen LogP) is 3.02. The van der Waals surface area contributed by atoms with Crippen LogP contribution in [0.2, 0.25) is 0 Å². The minimum Gasteiger partial charge on any atom is -0.507 e. The molecule has 1 aromatic carbocycles. The number of nitrogens with zero attached hydrogens (tertiary/aromatic N) is 1. The van der Waals surface area contributed by atoms with Crippen LogP contribution in [0.5, 0.6) is 5.75 Å². The van der Waals surface area contributed by atoms with Crippen LogP contribution in [0, 0.1) is 20.8 Å². The molecule has 0 saturated carbocycles.